The fraction of sp³-hybridized carbons (Fsp3) is 0.364. The van der Waals surface area contributed by atoms with E-state index in [1.54, 1.807) is 20.0 Å². The molecule has 0 aliphatic heterocycles. The second kappa shape index (κ2) is 9.28. The Kier molecular flexibility index (Phi) is 6.72. The number of esters is 1. The zero-order valence-corrected chi connectivity index (χ0v) is 17.5. The van der Waals surface area contributed by atoms with Crippen molar-refractivity contribution in [1.82, 2.24) is 9.55 Å². The summed E-state index contributed by atoms with van der Waals surface area (Å²) in [6, 6.07) is 11.2. The number of hydrogen-bond acceptors (Lipinski definition) is 5. The van der Waals surface area contributed by atoms with E-state index in [9.17, 15) is 18.0 Å². The zero-order valence-electron chi connectivity index (χ0n) is 17.5. The lowest BCUT2D eigenvalue weighted by Gasteiger charge is -2.12. The highest BCUT2D eigenvalue weighted by atomic mass is 19.4. The Balaban J connectivity index is 2.09. The fourth-order valence-electron chi connectivity index (χ4n) is 3.16. The summed E-state index contributed by atoms with van der Waals surface area (Å²) in [6.45, 7) is 2.27. The molecule has 2 aromatic heterocycles. The van der Waals surface area contributed by atoms with E-state index in [0.29, 0.717) is 11.9 Å². The van der Waals surface area contributed by atoms with E-state index in [4.69, 9.17) is 14.2 Å². The summed E-state index contributed by atoms with van der Waals surface area (Å²) in [5.74, 6) is -0.790. The number of hydrogen-bond donors (Lipinski definition) is 0. The van der Waals surface area contributed by atoms with Crippen molar-refractivity contribution < 1.29 is 32.2 Å². The van der Waals surface area contributed by atoms with Crippen LogP contribution in [0.3, 0.4) is 0 Å². The first kappa shape index (κ1) is 22.5. The molecule has 0 N–H and O–H groups in total. The Labute approximate surface area is 177 Å². The molecular weight excluding hydrogens is 413 g/mol. The maximum atomic E-state index is 12.8. The number of fused-ring (bicyclic) bond motifs is 1. The van der Waals surface area contributed by atoms with E-state index < -0.39 is 18.8 Å². The van der Waals surface area contributed by atoms with E-state index in [0.717, 1.165) is 11.1 Å². The monoisotopic (exact) mass is 436 g/mol. The van der Waals surface area contributed by atoms with E-state index in [1.165, 1.54) is 4.57 Å². The number of benzene rings is 1. The molecule has 166 valence electrons. The van der Waals surface area contributed by atoms with Crippen LogP contribution in [0, 0.1) is 0 Å². The van der Waals surface area contributed by atoms with Gasteiger partial charge in [0, 0.05) is 12.6 Å². The molecular formula is C22H23F3N2O4. The average Bonchev–Trinajstić information content (AvgIpc) is 3.01. The fourth-order valence-corrected chi connectivity index (χ4v) is 3.16. The molecule has 31 heavy (non-hydrogen) atoms. The van der Waals surface area contributed by atoms with Gasteiger partial charge >= 0.3 is 12.1 Å². The third kappa shape index (κ3) is 5.10. The summed E-state index contributed by atoms with van der Waals surface area (Å²) in [7, 11) is 1.56. The van der Waals surface area contributed by atoms with Crippen molar-refractivity contribution in [3.63, 3.8) is 0 Å². The van der Waals surface area contributed by atoms with Gasteiger partial charge in [-0.2, -0.15) is 13.2 Å². The number of nitrogens with zero attached hydrogens (tertiary/aromatic N) is 2. The summed E-state index contributed by atoms with van der Waals surface area (Å²) in [6.07, 6.45) is -4.00. The van der Waals surface area contributed by atoms with Gasteiger partial charge in [0.2, 0.25) is 5.88 Å². The van der Waals surface area contributed by atoms with Crippen LogP contribution in [0.2, 0.25) is 0 Å². The molecule has 0 fully saturated rings. The molecule has 1 aromatic carbocycles. The number of ether oxygens (including phenoxy) is 3. The number of aryl methyl sites for hydroxylation is 2. The molecule has 0 bridgehead atoms. The van der Waals surface area contributed by atoms with Crippen LogP contribution in [0.25, 0.3) is 11.0 Å². The van der Waals surface area contributed by atoms with Crippen molar-refractivity contribution in [3.05, 3.63) is 53.2 Å². The number of carbonyl (C=O) groups is 1. The summed E-state index contributed by atoms with van der Waals surface area (Å²) >= 11 is 0. The minimum atomic E-state index is -4.58. The summed E-state index contributed by atoms with van der Waals surface area (Å²) in [4.78, 5) is 16.9. The molecule has 3 aromatic rings. The molecule has 0 amide bonds. The Morgan fingerprint density at radius 1 is 1.13 bits per heavy atom. The lowest BCUT2D eigenvalue weighted by Crippen LogP contribution is -2.21. The second-order valence-electron chi connectivity index (χ2n) is 6.81. The van der Waals surface area contributed by atoms with E-state index in [-0.39, 0.29) is 36.1 Å². The maximum absolute atomic E-state index is 12.8. The van der Waals surface area contributed by atoms with Crippen LogP contribution in [0.4, 0.5) is 13.2 Å². The van der Waals surface area contributed by atoms with Crippen LogP contribution in [0.15, 0.2) is 36.4 Å². The van der Waals surface area contributed by atoms with Crippen molar-refractivity contribution >= 4 is 17.0 Å². The van der Waals surface area contributed by atoms with Crippen LogP contribution in [-0.2, 0) is 24.8 Å². The van der Waals surface area contributed by atoms with Crippen molar-refractivity contribution in [2.75, 3.05) is 13.2 Å². The molecule has 6 nitrogen and oxygen atoms in total. The van der Waals surface area contributed by atoms with Gasteiger partial charge in [0.1, 0.15) is 12.1 Å². The lowest BCUT2D eigenvalue weighted by molar-refractivity contribution is -0.153. The number of carbonyl (C=O) groups excluding carboxylic acids is 1. The van der Waals surface area contributed by atoms with E-state index >= 15 is 0 Å². The van der Waals surface area contributed by atoms with Crippen LogP contribution in [-0.4, -0.2) is 34.9 Å². The Morgan fingerprint density at radius 3 is 2.45 bits per heavy atom. The van der Waals surface area contributed by atoms with Gasteiger partial charge in [-0.05, 0) is 25.0 Å². The van der Waals surface area contributed by atoms with Gasteiger partial charge in [0.15, 0.2) is 18.1 Å². The van der Waals surface area contributed by atoms with Gasteiger partial charge in [-0.3, -0.25) is 0 Å². The molecule has 0 aliphatic rings. The average molecular weight is 436 g/mol. The van der Waals surface area contributed by atoms with Gasteiger partial charge in [0.25, 0.3) is 0 Å². The van der Waals surface area contributed by atoms with Crippen LogP contribution >= 0.6 is 0 Å². The van der Waals surface area contributed by atoms with Crippen molar-refractivity contribution in [2.45, 2.75) is 33.1 Å². The SMILES string of the molecule is CCOC(=O)c1c(OCC(F)(F)F)c2nc(OCc3ccccc3)c(CC)cc2n1C. The smallest absolute Gasteiger partial charge is 0.422 e. The Morgan fingerprint density at radius 2 is 1.84 bits per heavy atom. The largest absolute Gasteiger partial charge is 0.479 e. The Bertz CT molecular complexity index is 1060. The van der Waals surface area contributed by atoms with E-state index in [2.05, 4.69) is 4.98 Å². The van der Waals surface area contributed by atoms with Crippen LogP contribution < -0.4 is 9.47 Å². The highest BCUT2D eigenvalue weighted by molar-refractivity contribution is 6.00. The molecule has 0 unspecified atom stereocenters. The van der Waals surface area contributed by atoms with Gasteiger partial charge in [0.05, 0.1) is 12.1 Å². The van der Waals surface area contributed by atoms with E-state index in [1.807, 2.05) is 37.3 Å². The highest BCUT2D eigenvalue weighted by Gasteiger charge is 2.32. The number of halogens is 3. The normalized spacial score (nSPS) is 11.5. The maximum Gasteiger partial charge on any atom is 0.422 e. The first-order valence-electron chi connectivity index (χ1n) is 9.80. The van der Waals surface area contributed by atoms with Crippen molar-refractivity contribution in [2.24, 2.45) is 7.05 Å². The molecule has 0 saturated carbocycles. The lowest BCUT2D eigenvalue weighted by atomic mass is 10.2. The van der Waals surface area contributed by atoms with Crippen LogP contribution in [0.1, 0.15) is 35.5 Å². The third-order valence-corrected chi connectivity index (χ3v) is 4.62. The minimum absolute atomic E-state index is 0.0676. The number of pyridine rings is 1. The zero-order chi connectivity index (χ0) is 22.6. The highest BCUT2D eigenvalue weighted by Crippen LogP contribution is 2.36. The summed E-state index contributed by atoms with van der Waals surface area (Å²) < 4.78 is 55.9. The summed E-state index contributed by atoms with van der Waals surface area (Å²) in [5.41, 5.74) is 2.09. The molecule has 0 spiro atoms. The third-order valence-electron chi connectivity index (χ3n) is 4.62. The summed E-state index contributed by atoms with van der Waals surface area (Å²) in [5, 5.41) is 0. The molecule has 0 atom stereocenters. The molecule has 2 heterocycles. The number of rotatable bonds is 8. The van der Waals surface area contributed by atoms with Gasteiger partial charge in [-0.1, -0.05) is 37.3 Å². The molecule has 0 aliphatic carbocycles. The Hall–Kier alpha value is -3.23. The van der Waals surface area contributed by atoms with Crippen LogP contribution in [0.5, 0.6) is 11.6 Å². The quantitative estimate of drug-likeness (QED) is 0.473. The predicted octanol–water partition coefficient (Wildman–Crippen LogP) is 4.83. The number of aromatic nitrogens is 2. The standard InChI is InChI=1S/C22H23F3N2O4/c1-4-15-11-16-17(26-20(15)30-12-14-9-7-6-8-10-14)19(31-13-22(23,24)25)18(27(16)3)21(28)29-5-2/h6-11H,4-5,12-13H2,1-3H3. The van der Waals surface area contributed by atoms with Crippen molar-refractivity contribution in [3.8, 4) is 11.6 Å². The van der Waals surface area contributed by atoms with Gasteiger partial charge in [-0.25, -0.2) is 9.78 Å². The molecule has 0 saturated heterocycles. The molecule has 0 radical (unpaired) electrons. The topological polar surface area (TPSA) is 62.6 Å². The first-order chi connectivity index (χ1) is 14.7. The van der Waals surface area contributed by atoms with Crippen molar-refractivity contribution in [1.29, 1.82) is 0 Å². The predicted molar refractivity (Wildman–Crippen MR) is 108 cm³/mol. The number of alkyl halides is 3. The molecule has 3 rings (SSSR count). The first-order valence-corrected chi connectivity index (χ1v) is 9.80. The van der Waals surface area contributed by atoms with Gasteiger partial charge in [-0.15, -0.1) is 0 Å². The minimum Gasteiger partial charge on any atom is -0.479 e. The molecule has 9 heteroatoms. The second-order valence-corrected chi connectivity index (χ2v) is 6.81. The van der Waals surface area contributed by atoms with Gasteiger partial charge < -0.3 is 18.8 Å².